The smallest absolute Gasteiger partial charge is 0.102 e. The average molecular weight is 459 g/mol. The number of aromatic nitrogens is 2. The van der Waals surface area contributed by atoms with Crippen LogP contribution in [0, 0.1) is 11.3 Å². The van der Waals surface area contributed by atoms with Crippen LogP contribution in [0.4, 0.5) is 0 Å². The molecule has 0 unspecified atom stereocenters. The number of benzene rings is 3. The lowest BCUT2D eigenvalue weighted by molar-refractivity contribution is 1.36. The highest BCUT2D eigenvalue weighted by atomic mass is 79.9. The van der Waals surface area contributed by atoms with Gasteiger partial charge in [-0.15, -0.1) is 0 Å². The van der Waals surface area contributed by atoms with Crippen molar-refractivity contribution in [2.75, 3.05) is 0 Å². The van der Waals surface area contributed by atoms with Crippen LogP contribution < -0.4 is 0 Å². The van der Waals surface area contributed by atoms with Crippen molar-refractivity contribution in [2.45, 2.75) is 0 Å². The molecular formula is C24H13BrClN3. The van der Waals surface area contributed by atoms with Gasteiger partial charge in [-0.3, -0.25) is 0 Å². The third-order valence-electron chi connectivity index (χ3n) is 5.02. The largest absolute Gasteiger partial charge is 0.360 e. The second kappa shape index (κ2) is 7.04. The molecule has 5 heteroatoms. The number of nitriles is 1. The van der Waals surface area contributed by atoms with Crippen LogP contribution in [-0.2, 0) is 0 Å². The molecular weight excluding hydrogens is 446 g/mol. The van der Waals surface area contributed by atoms with Gasteiger partial charge in [-0.25, -0.2) is 4.98 Å². The second-order valence-corrected chi connectivity index (χ2v) is 8.09. The minimum absolute atomic E-state index is 0.534. The average Bonchev–Trinajstić information content (AvgIpc) is 3.15. The van der Waals surface area contributed by atoms with Gasteiger partial charge in [0.25, 0.3) is 0 Å². The SMILES string of the molecule is N#Cc1c(-c2c[nH]c3ccc(Br)cc23)nc2ccc(Cl)cc2c1-c1ccccc1. The summed E-state index contributed by atoms with van der Waals surface area (Å²) in [4.78, 5) is 8.17. The van der Waals surface area contributed by atoms with E-state index in [-0.39, 0.29) is 0 Å². The highest BCUT2D eigenvalue weighted by Crippen LogP contribution is 2.39. The third kappa shape index (κ3) is 3.00. The highest BCUT2D eigenvalue weighted by molar-refractivity contribution is 9.10. The van der Waals surface area contributed by atoms with Crippen molar-refractivity contribution in [3.63, 3.8) is 0 Å². The molecule has 0 aliphatic rings. The van der Waals surface area contributed by atoms with Gasteiger partial charge in [0.05, 0.1) is 16.8 Å². The van der Waals surface area contributed by atoms with E-state index in [2.05, 4.69) is 27.0 Å². The number of rotatable bonds is 2. The van der Waals surface area contributed by atoms with E-state index in [1.807, 2.05) is 72.9 Å². The van der Waals surface area contributed by atoms with E-state index in [0.29, 0.717) is 16.3 Å². The number of H-pyrrole nitrogens is 1. The van der Waals surface area contributed by atoms with E-state index in [0.717, 1.165) is 43.0 Å². The van der Waals surface area contributed by atoms with Crippen LogP contribution >= 0.6 is 27.5 Å². The Hall–Kier alpha value is -3.13. The van der Waals surface area contributed by atoms with Crippen molar-refractivity contribution in [3.05, 3.63) is 88.0 Å². The first-order chi connectivity index (χ1) is 14.2. The molecule has 3 aromatic carbocycles. The number of aromatic amines is 1. The molecule has 2 aromatic heterocycles. The van der Waals surface area contributed by atoms with E-state index >= 15 is 0 Å². The fourth-order valence-corrected chi connectivity index (χ4v) is 4.27. The topological polar surface area (TPSA) is 52.5 Å². The molecule has 0 aliphatic heterocycles. The zero-order valence-corrected chi connectivity index (χ0v) is 17.4. The first-order valence-electron chi connectivity index (χ1n) is 9.01. The molecule has 0 saturated carbocycles. The van der Waals surface area contributed by atoms with Gasteiger partial charge < -0.3 is 4.98 Å². The summed E-state index contributed by atoms with van der Waals surface area (Å²) >= 11 is 9.83. The van der Waals surface area contributed by atoms with Crippen LogP contribution in [0.2, 0.25) is 5.02 Å². The van der Waals surface area contributed by atoms with Crippen LogP contribution in [0.25, 0.3) is 44.2 Å². The van der Waals surface area contributed by atoms with Crippen molar-refractivity contribution >= 4 is 49.3 Å². The number of nitrogens with zero attached hydrogens (tertiary/aromatic N) is 2. The molecule has 2 heterocycles. The maximum Gasteiger partial charge on any atom is 0.102 e. The Morgan fingerprint density at radius 1 is 0.966 bits per heavy atom. The minimum atomic E-state index is 0.534. The second-order valence-electron chi connectivity index (χ2n) is 6.74. The monoisotopic (exact) mass is 457 g/mol. The normalized spacial score (nSPS) is 11.1. The quantitative estimate of drug-likeness (QED) is 0.301. The molecule has 5 rings (SSSR count). The summed E-state index contributed by atoms with van der Waals surface area (Å²) in [5, 5.41) is 12.7. The van der Waals surface area contributed by atoms with Gasteiger partial charge in [0.15, 0.2) is 0 Å². The molecule has 29 heavy (non-hydrogen) atoms. The summed E-state index contributed by atoms with van der Waals surface area (Å²) in [6, 6.07) is 24.0. The molecule has 5 aromatic rings. The lowest BCUT2D eigenvalue weighted by Crippen LogP contribution is -1.96. The molecule has 0 fully saturated rings. The van der Waals surface area contributed by atoms with E-state index in [1.54, 1.807) is 0 Å². The van der Waals surface area contributed by atoms with E-state index in [1.165, 1.54) is 0 Å². The Labute approximate surface area is 180 Å². The maximum atomic E-state index is 10.2. The van der Waals surface area contributed by atoms with Gasteiger partial charge in [0.1, 0.15) is 6.07 Å². The molecule has 3 nitrogen and oxygen atoms in total. The summed E-state index contributed by atoms with van der Waals surface area (Å²) in [6.45, 7) is 0. The molecule has 1 N–H and O–H groups in total. The van der Waals surface area contributed by atoms with Gasteiger partial charge in [-0.05, 0) is 42.0 Å². The van der Waals surface area contributed by atoms with Gasteiger partial charge in [-0.2, -0.15) is 5.26 Å². The summed E-state index contributed by atoms with van der Waals surface area (Å²) in [5.41, 5.74) is 5.68. The van der Waals surface area contributed by atoms with Crippen LogP contribution in [0.5, 0.6) is 0 Å². The van der Waals surface area contributed by atoms with Gasteiger partial charge >= 0.3 is 0 Å². The van der Waals surface area contributed by atoms with Crippen molar-refractivity contribution in [1.82, 2.24) is 9.97 Å². The standard InChI is InChI=1S/C24H13BrClN3/c25-15-6-8-21-17(10-15)20(13-28-21)24-19(12-27)23(14-4-2-1-3-5-14)18-11-16(26)7-9-22(18)29-24/h1-11,13,28H. The van der Waals surface area contributed by atoms with Crippen LogP contribution in [0.3, 0.4) is 0 Å². The predicted octanol–water partition coefficient (Wildman–Crippen LogP) is 7.34. The first kappa shape index (κ1) is 17.9. The number of halogens is 2. The molecule has 0 atom stereocenters. The Kier molecular flexibility index (Phi) is 4.35. The zero-order valence-electron chi connectivity index (χ0n) is 15.1. The lowest BCUT2D eigenvalue weighted by atomic mass is 9.92. The fraction of sp³-hybridized carbons (Fsp3) is 0. The summed E-state index contributed by atoms with van der Waals surface area (Å²) in [7, 11) is 0. The number of hydrogen-bond acceptors (Lipinski definition) is 2. The zero-order chi connectivity index (χ0) is 20.0. The Morgan fingerprint density at radius 2 is 1.79 bits per heavy atom. The van der Waals surface area contributed by atoms with Crippen LogP contribution in [0.1, 0.15) is 5.56 Å². The molecule has 0 spiro atoms. The van der Waals surface area contributed by atoms with Crippen molar-refractivity contribution in [3.8, 4) is 28.5 Å². The van der Waals surface area contributed by atoms with Crippen molar-refractivity contribution in [2.24, 2.45) is 0 Å². The highest BCUT2D eigenvalue weighted by Gasteiger charge is 2.20. The molecule has 138 valence electrons. The Balaban J connectivity index is 1.94. The number of nitrogens with one attached hydrogen (secondary N) is 1. The van der Waals surface area contributed by atoms with Crippen LogP contribution in [0.15, 0.2) is 77.4 Å². The molecule has 0 aliphatic carbocycles. The van der Waals surface area contributed by atoms with E-state index in [4.69, 9.17) is 16.6 Å². The summed E-state index contributed by atoms with van der Waals surface area (Å²) < 4.78 is 0.972. The summed E-state index contributed by atoms with van der Waals surface area (Å²) in [6.07, 6.45) is 1.91. The predicted molar refractivity (Wildman–Crippen MR) is 122 cm³/mol. The number of fused-ring (bicyclic) bond motifs is 2. The Morgan fingerprint density at radius 3 is 2.59 bits per heavy atom. The minimum Gasteiger partial charge on any atom is -0.360 e. The van der Waals surface area contributed by atoms with Crippen molar-refractivity contribution in [1.29, 1.82) is 5.26 Å². The number of pyridine rings is 1. The maximum absolute atomic E-state index is 10.2. The Bertz CT molecular complexity index is 1430. The van der Waals surface area contributed by atoms with Crippen molar-refractivity contribution < 1.29 is 0 Å². The summed E-state index contributed by atoms with van der Waals surface area (Å²) in [5.74, 6) is 0. The molecule has 0 amide bonds. The fourth-order valence-electron chi connectivity index (χ4n) is 3.73. The first-order valence-corrected chi connectivity index (χ1v) is 10.2. The molecule has 0 saturated heterocycles. The van der Waals surface area contributed by atoms with E-state index < -0.39 is 0 Å². The lowest BCUT2D eigenvalue weighted by Gasteiger charge is -2.13. The molecule has 0 radical (unpaired) electrons. The van der Waals surface area contributed by atoms with E-state index in [9.17, 15) is 5.26 Å². The third-order valence-corrected chi connectivity index (χ3v) is 5.75. The van der Waals surface area contributed by atoms with Gasteiger partial charge in [0, 0.05) is 43.1 Å². The number of hydrogen-bond donors (Lipinski definition) is 1. The van der Waals surface area contributed by atoms with Crippen LogP contribution in [-0.4, -0.2) is 9.97 Å². The van der Waals surface area contributed by atoms with Gasteiger partial charge in [-0.1, -0.05) is 57.9 Å². The molecule has 0 bridgehead atoms. The van der Waals surface area contributed by atoms with Gasteiger partial charge in [0.2, 0.25) is 0 Å².